The van der Waals surface area contributed by atoms with Crippen LogP contribution in [-0.4, -0.2) is 55.5 Å². The minimum Gasteiger partial charge on any atom is -0.444 e. The number of piperidine rings is 1. The predicted octanol–water partition coefficient (Wildman–Crippen LogP) is 3.82. The van der Waals surface area contributed by atoms with Crippen molar-refractivity contribution in [1.82, 2.24) is 10.2 Å². The van der Waals surface area contributed by atoms with Gasteiger partial charge in [-0.3, -0.25) is 0 Å². The van der Waals surface area contributed by atoms with Crippen LogP contribution in [0.2, 0.25) is 0 Å². The van der Waals surface area contributed by atoms with E-state index in [9.17, 15) is 4.79 Å². The van der Waals surface area contributed by atoms with Crippen molar-refractivity contribution >= 4 is 6.09 Å². The van der Waals surface area contributed by atoms with Gasteiger partial charge in [-0.25, -0.2) is 4.79 Å². The highest BCUT2D eigenvalue weighted by Gasteiger charge is 2.31. The molecule has 5 nitrogen and oxygen atoms in total. The lowest BCUT2D eigenvalue weighted by Gasteiger charge is -2.39. The van der Waals surface area contributed by atoms with Gasteiger partial charge in [-0.15, -0.1) is 0 Å². The van der Waals surface area contributed by atoms with Crippen LogP contribution in [0.1, 0.15) is 66.2 Å². The Kier molecular flexibility index (Phi) is 8.01. The van der Waals surface area contributed by atoms with E-state index in [0.29, 0.717) is 11.8 Å². The van der Waals surface area contributed by atoms with Gasteiger partial charge in [-0.1, -0.05) is 12.8 Å². The monoisotopic (exact) mass is 354 g/mol. The Morgan fingerprint density at radius 1 is 1.16 bits per heavy atom. The fourth-order valence-electron chi connectivity index (χ4n) is 4.14. The largest absolute Gasteiger partial charge is 0.444 e. The summed E-state index contributed by atoms with van der Waals surface area (Å²) in [5.41, 5.74) is -0.437. The Labute approximate surface area is 153 Å². The molecule has 2 rings (SSSR count). The summed E-state index contributed by atoms with van der Waals surface area (Å²) in [6, 6.07) is 0.246. The number of carbonyl (C=O) groups is 1. The summed E-state index contributed by atoms with van der Waals surface area (Å²) in [6.45, 7) is 12.9. The molecule has 0 bridgehead atoms. The fraction of sp³-hybridized carbons (Fsp3) is 0.950. The number of alkyl carbamates (subject to hydrolysis) is 1. The fourth-order valence-corrected chi connectivity index (χ4v) is 4.14. The minimum absolute atomic E-state index is 0.246. The number of hydrogen-bond acceptors (Lipinski definition) is 4. The highest BCUT2D eigenvalue weighted by molar-refractivity contribution is 5.68. The van der Waals surface area contributed by atoms with Crippen molar-refractivity contribution in [3.63, 3.8) is 0 Å². The average Bonchev–Trinajstić information content (AvgIpc) is 2.53. The van der Waals surface area contributed by atoms with Crippen molar-refractivity contribution in [2.24, 2.45) is 11.8 Å². The zero-order valence-corrected chi connectivity index (χ0v) is 16.7. The molecule has 0 spiro atoms. The second-order valence-corrected chi connectivity index (χ2v) is 8.72. The molecule has 1 N–H and O–H groups in total. The first-order valence-corrected chi connectivity index (χ1v) is 10.2. The molecule has 2 fully saturated rings. The number of hydrogen-bond donors (Lipinski definition) is 1. The van der Waals surface area contributed by atoms with E-state index >= 15 is 0 Å². The number of carbonyl (C=O) groups excluding carboxylic acids is 1. The zero-order chi connectivity index (χ0) is 18.3. The van der Waals surface area contributed by atoms with Crippen LogP contribution in [0.5, 0.6) is 0 Å². The van der Waals surface area contributed by atoms with Crippen molar-refractivity contribution in [1.29, 1.82) is 0 Å². The van der Waals surface area contributed by atoms with Crippen LogP contribution in [0.25, 0.3) is 0 Å². The first kappa shape index (κ1) is 20.5. The van der Waals surface area contributed by atoms with Gasteiger partial charge in [0, 0.05) is 25.7 Å². The van der Waals surface area contributed by atoms with E-state index in [1.165, 1.54) is 38.6 Å². The number of ether oxygens (including phenoxy) is 2. The van der Waals surface area contributed by atoms with Crippen LogP contribution in [0, 0.1) is 11.8 Å². The van der Waals surface area contributed by atoms with Gasteiger partial charge in [0.2, 0.25) is 0 Å². The first-order valence-electron chi connectivity index (χ1n) is 10.2. The van der Waals surface area contributed by atoms with Crippen LogP contribution >= 0.6 is 0 Å². The molecule has 2 aliphatic rings. The molecule has 1 saturated heterocycles. The molecule has 25 heavy (non-hydrogen) atoms. The average molecular weight is 355 g/mol. The zero-order valence-electron chi connectivity index (χ0n) is 16.7. The molecule has 1 aliphatic heterocycles. The molecule has 1 heterocycles. The lowest BCUT2D eigenvalue weighted by molar-refractivity contribution is 0.0405. The maximum atomic E-state index is 12.2. The van der Waals surface area contributed by atoms with Gasteiger partial charge in [0.1, 0.15) is 5.60 Å². The number of nitrogens with zero attached hydrogens (tertiary/aromatic N) is 1. The Hall–Kier alpha value is -0.810. The topological polar surface area (TPSA) is 50.8 Å². The molecule has 0 aromatic carbocycles. The molecule has 1 saturated carbocycles. The third-order valence-corrected chi connectivity index (χ3v) is 5.26. The minimum atomic E-state index is -0.437. The second kappa shape index (κ2) is 9.77. The molecule has 0 radical (unpaired) electrons. The summed E-state index contributed by atoms with van der Waals surface area (Å²) < 4.78 is 11.1. The molecule has 0 aromatic rings. The molecule has 1 amide bonds. The normalized spacial score (nSPS) is 28.6. The highest BCUT2D eigenvalue weighted by Crippen LogP contribution is 2.27. The highest BCUT2D eigenvalue weighted by atomic mass is 16.6. The van der Waals surface area contributed by atoms with Crippen molar-refractivity contribution in [2.45, 2.75) is 77.9 Å². The van der Waals surface area contributed by atoms with E-state index in [1.54, 1.807) is 0 Å². The number of likely N-dealkylation sites (tertiary alicyclic amines) is 1. The van der Waals surface area contributed by atoms with E-state index < -0.39 is 5.60 Å². The van der Waals surface area contributed by atoms with Gasteiger partial charge in [0.15, 0.2) is 0 Å². The van der Waals surface area contributed by atoms with Crippen LogP contribution in [0.3, 0.4) is 0 Å². The van der Waals surface area contributed by atoms with Gasteiger partial charge >= 0.3 is 6.09 Å². The second-order valence-electron chi connectivity index (χ2n) is 8.72. The van der Waals surface area contributed by atoms with Gasteiger partial charge in [-0.05, 0) is 71.8 Å². The van der Waals surface area contributed by atoms with E-state index in [1.807, 2.05) is 20.8 Å². The molecule has 1 aliphatic carbocycles. The van der Waals surface area contributed by atoms with Crippen molar-refractivity contribution < 1.29 is 14.3 Å². The van der Waals surface area contributed by atoms with Crippen molar-refractivity contribution in [3.8, 4) is 0 Å². The third-order valence-electron chi connectivity index (χ3n) is 5.26. The Morgan fingerprint density at radius 2 is 1.92 bits per heavy atom. The van der Waals surface area contributed by atoms with Crippen LogP contribution in [0.4, 0.5) is 4.79 Å². The molecule has 146 valence electrons. The van der Waals surface area contributed by atoms with Crippen LogP contribution in [0.15, 0.2) is 0 Å². The van der Waals surface area contributed by atoms with E-state index in [2.05, 4.69) is 17.1 Å². The number of rotatable bonds is 6. The summed E-state index contributed by atoms with van der Waals surface area (Å²) in [7, 11) is 0. The van der Waals surface area contributed by atoms with Gasteiger partial charge in [0.05, 0.1) is 6.61 Å². The summed E-state index contributed by atoms with van der Waals surface area (Å²) in [5, 5.41) is 3.15. The quantitative estimate of drug-likeness (QED) is 0.788. The van der Waals surface area contributed by atoms with Crippen molar-refractivity contribution in [2.75, 3.05) is 32.8 Å². The van der Waals surface area contributed by atoms with E-state index in [4.69, 9.17) is 9.47 Å². The lowest BCUT2D eigenvalue weighted by Crippen LogP contribution is -2.49. The Balaban J connectivity index is 1.84. The van der Waals surface area contributed by atoms with Crippen LogP contribution < -0.4 is 5.32 Å². The maximum Gasteiger partial charge on any atom is 0.407 e. The first-order chi connectivity index (χ1) is 11.9. The van der Waals surface area contributed by atoms with Gasteiger partial charge < -0.3 is 19.7 Å². The maximum absolute atomic E-state index is 12.2. The molecule has 3 atom stereocenters. The summed E-state index contributed by atoms with van der Waals surface area (Å²) in [4.78, 5) is 14.8. The Bertz CT molecular complexity index is 408. The summed E-state index contributed by atoms with van der Waals surface area (Å²) in [5.74, 6) is 1.20. The molecular formula is C20H38N2O3. The SMILES string of the molecule is CCOCC1CCCN(C[C@@H]2CCCC[C@H]2NC(=O)OC(C)(C)C)C1. The molecule has 5 heteroatoms. The Morgan fingerprint density at radius 3 is 2.64 bits per heavy atom. The van der Waals surface area contributed by atoms with Gasteiger partial charge in [0.25, 0.3) is 0 Å². The molecule has 1 unspecified atom stereocenters. The standard InChI is InChI=1S/C20H38N2O3/c1-5-24-15-16-9-8-12-22(13-16)14-17-10-6-7-11-18(17)21-19(23)25-20(2,3)4/h16-18H,5-15H2,1-4H3,(H,21,23)/t16?,17-,18+/m0/s1. The van der Waals surface area contributed by atoms with E-state index in [0.717, 1.165) is 32.7 Å². The van der Waals surface area contributed by atoms with Crippen LogP contribution in [-0.2, 0) is 9.47 Å². The smallest absolute Gasteiger partial charge is 0.407 e. The molecule has 0 aromatic heterocycles. The summed E-state index contributed by atoms with van der Waals surface area (Å²) in [6.07, 6.45) is 7.01. The van der Waals surface area contributed by atoms with Crippen molar-refractivity contribution in [3.05, 3.63) is 0 Å². The van der Waals surface area contributed by atoms with Gasteiger partial charge in [-0.2, -0.15) is 0 Å². The number of nitrogens with one attached hydrogen (secondary N) is 1. The summed E-state index contributed by atoms with van der Waals surface area (Å²) >= 11 is 0. The number of amides is 1. The van der Waals surface area contributed by atoms with E-state index in [-0.39, 0.29) is 12.1 Å². The predicted molar refractivity (Wildman–Crippen MR) is 101 cm³/mol. The molecular weight excluding hydrogens is 316 g/mol. The lowest BCUT2D eigenvalue weighted by atomic mass is 9.83. The third kappa shape index (κ3) is 7.53.